The minimum Gasteiger partial charge on any atom is -0.466 e. The van der Waals surface area contributed by atoms with E-state index in [1.807, 2.05) is 30.3 Å². The number of carbonyl (C=O) groups is 1. The van der Waals surface area contributed by atoms with Crippen molar-refractivity contribution < 1.29 is 13.9 Å². The third-order valence-electron chi connectivity index (χ3n) is 4.03. The molecule has 108 valence electrons. The zero-order valence-corrected chi connectivity index (χ0v) is 11.8. The first-order valence-electron chi connectivity index (χ1n) is 7.20. The van der Waals surface area contributed by atoms with Gasteiger partial charge in [0.1, 0.15) is 5.82 Å². The van der Waals surface area contributed by atoms with Crippen LogP contribution in [0.3, 0.4) is 0 Å². The van der Waals surface area contributed by atoms with E-state index >= 15 is 0 Å². The third kappa shape index (κ3) is 2.56. The van der Waals surface area contributed by atoms with Crippen LogP contribution in [0.2, 0.25) is 0 Å². The highest BCUT2D eigenvalue weighted by atomic mass is 19.1. The van der Waals surface area contributed by atoms with Crippen molar-refractivity contribution in [2.75, 3.05) is 6.61 Å². The van der Waals surface area contributed by atoms with Gasteiger partial charge in [-0.3, -0.25) is 4.79 Å². The van der Waals surface area contributed by atoms with Gasteiger partial charge in [-0.15, -0.1) is 0 Å². The van der Waals surface area contributed by atoms with Crippen LogP contribution in [-0.4, -0.2) is 12.6 Å². The molecule has 2 aromatic carbocycles. The first kappa shape index (κ1) is 13.8. The van der Waals surface area contributed by atoms with Crippen LogP contribution in [0.25, 0.3) is 0 Å². The molecule has 1 fully saturated rings. The van der Waals surface area contributed by atoms with Crippen molar-refractivity contribution in [3.8, 4) is 0 Å². The van der Waals surface area contributed by atoms with E-state index in [0.29, 0.717) is 12.2 Å². The third-order valence-corrected chi connectivity index (χ3v) is 4.03. The molecule has 3 atom stereocenters. The van der Waals surface area contributed by atoms with Crippen LogP contribution in [0.4, 0.5) is 4.39 Å². The number of carbonyl (C=O) groups excluding carboxylic acids is 1. The fraction of sp³-hybridized carbons (Fsp3) is 0.278. The van der Waals surface area contributed by atoms with Gasteiger partial charge in [-0.2, -0.15) is 0 Å². The molecule has 1 aliphatic carbocycles. The Morgan fingerprint density at radius 3 is 2.38 bits per heavy atom. The average Bonchev–Trinajstić information content (AvgIpc) is 3.24. The van der Waals surface area contributed by atoms with Crippen LogP contribution in [0.1, 0.15) is 29.9 Å². The van der Waals surface area contributed by atoms with Crippen molar-refractivity contribution in [3.63, 3.8) is 0 Å². The fourth-order valence-electron chi connectivity index (χ4n) is 3.06. The number of esters is 1. The second-order valence-corrected chi connectivity index (χ2v) is 5.26. The SMILES string of the molecule is CCOC(=O)C1C(c2ccccc2)C1c1ccccc1F. The lowest BCUT2D eigenvalue weighted by molar-refractivity contribution is -0.144. The first-order chi connectivity index (χ1) is 10.2. The zero-order valence-electron chi connectivity index (χ0n) is 11.8. The van der Waals surface area contributed by atoms with E-state index in [1.54, 1.807) is 25.1 Å². The van der Waals surface area contributed by atoms with Crippen LogP contribution in [0, 0.1) is 11.7 Å². The predicted molar refractivity (Wildman–Crippen MR) is 78.4 cm³/mol. The standard InChI is InChI=1S/C18H17FO2/c1-2-21-18(20)17-15(12-8-4-3-5-9-12)16(17)13-10-6-7-11-14(13)19/h3-11,15-17H,2H2,1H3. The molecule has 0 radical (unpaired) electrons. The highest BCUT2D eigenvalue weighted by molar-refractivity contribution is 5.80. The Morgan fingerprint density at radius 1 is 1.05 bits per heavy atom. The Labute approximate surface area is 123 Å². The Morgan fingerprint density at radius 2 is 1.71 bits per heavy atom. The van der Waals surface area contributed by atoms with Crippen LogP contribution >= 0.6 is 0 Å². The van der Waals surface area contributed by atoms with Crippen molar-refractivity contribution in [1.29, 1.82) is 0 Å². The molecule has 2 nitrogen and oxygen atoms in total. The molecule has 21 heavy (non-hydrogen) atoms. The fourth-order valence-corrected chi connectivity index (χ4v) is 3.06. The van der Waals surface area contributed by atoms with Gasteiger partial charge in [0.15, 0.2) is 0 Å². The van der Waals surface area contributed by atoms with Gasteiger partial charge in [0, 0.05) is 11.8 Å². The number of rotatable bonds is 4. The summed E-state index contributed by atoms with van der Waals surface area (Å²) in [5.74, 6) is -0.908. The first-order valence-corrected chi connectivity index (χ1v) is 7.20. The van der Waals surface area contributed by atoms with E-state index in [4.69, 9.17) is 4.74 Å². The largest absolute Gasteiger partial charge is 0.466 e. The molecule has 0 amide bonds. The van der Waals surface area contributed by atoms with Crippen molar-refractivity contribution >= 4 is 5.97 Å². The Kier molecular flexibility index (Phi) is 3.74. The molecule has 2 aromatic rings. The van der Waals surface area contributed by atoms with Gasteiger partial charge < -0.3 is 4.74 Å². The summed E-state index contributed by atoms with van der Waals surface area (Å²) in [5.41, 5.74) is 1.66. The van der Waals surface area contributed by atoms with E-state index in [1.165, 1.54) is 6.07 Å². The molecular formula is C18H17FO2. The number of hydrogen-bond acceptors (Lipinski definition) is 2. The molecule has 0 heterocycles. The second-order valence-electron chi connectivity index (χ2n) is 5.26. The summed E-state index contributed by atoms with van der Waals surface area (Å²) in [6, 6.07) is 16.5. The normalized spacial score (nSPS) is 23.6. The van der Waals surface area contributed by atoms with Crippen molar-refractivity contribution in [3.05, 3.63) is 71.5 Å². The van der Waals surface area contributed by atoms with Gasteiger partial charge in [-0.25, -0.2) is 4.39 Å². The minimum atomic E-state index is -0.288. The molecule has 0 saturated heterocycles. The van der Waals surface area contributed by atoms with Crippen molar-refractivity contribution in [1.82, 2.24) is 0 Å². The number of hydrogen-bond donors (Lipinski definition) is 0. The molecule has 0 spiro atoms. The predicted octanol–water partition coefficient (Wildman–Crippen LogP) is 3.89. The van der Waals surface area contributed by atoms with Gasteiger partial charge in [-0.1, -0.05) is 48.5 Å². The molecule has 0 aliphatic heterocycles. The van der Waals surface area contributed by atoms with Gasteiger partial charge in [0.05, 0.1) is 12.5 Å². The molecule has 1 aliphatic rings. The van der Waals surface area contributed by atoms with Crippen LogP contribution in [0.5, 0.6) is 0 Å². The van der Waals surface area contributed by atoms with E-state index in [0.717, 1.165) is 5.56 Å². The van der Waals surface area contributed by atoms with Gasteiger partial charge in [0.25, 0.3) is 0 Å². The monoisotopic (exact) mass is 284 g/mol. The lowest BCUT2D eigenvalue weighted by Crippen LogP contribution is -2.08. The van der Waals surface area contributed by atoms with E-state index < -0.39 is 0 Å². The van der Waals surface area contributed by atoms with Crippen molar-refractivity contribution in [2.24, 2.45) is 5.92 Å². The van der Waals surface area contributed by atoms with Crippen LogP contribution in [0.15, 0.2) is 54.6 Å². The minimum absolute atomic E-state index is 0.00199. The summed E-state index contributed by atoms with van der Waals surface area (Å²) < 4.78 is 19.2. The number of halogens is 1. The van der Waals surface area contributed by atoms with Gasteiger partial charge >= 0.3 is 5.97 Å². The summed E-state index contributed by atoms with van der Waals surface area (Å²) >= 11 is 0. The van der Waals surface area contributed by atoms with Crippen LogP contribution in [-0.2, 0) is 9.53 Å². The van der Waals surface area contributed by atoms with Crippen LogP contribution < -0.4 is 0 Å². The number of ether oxygens (including phenoxy) is 1. The van der Waals surface area contributed by atoms with E-state index in [9.17, 15) is 9.18 Å². The quantitative estimate of drug-likeness (QED) is 0.796. The van der Waals surface area contributed by atoms with Gasteiger partial charge in [-0.05, 0) is 24.1 Å². The zero-order chi connectivity index (χ0) is 14.8. The topological polar surface area (TPSA) is 26.3 Å². The van der Waals surface area contributed by atoms with Gasteiger partial charge in [0.2, 0.25) is 0 Å². The maximum Gasteiger partial charge on any atom is 0.310 e. The summed E-state index contributed by atoms with van der Waals surface area (Å²) in [5, 5.41) is 0. The van der Waals surface area contributed by atoms with E-state index in [-0.39, 0.29) is 29.5 Å². The maximum absolute atomic E-state index is 14.0. The van der Waals surface area contributed by atoms with Crippen molar-refractivity contribution in [2.45, 2.75) is 18.8 Å². The maximum atomic E-state index is 14.0. The lowest BCUT2D eigenvalue weighted by atomic mass is 10.0. The number of benzene rings is 2. The Balaban J connectivity index is 1.94. The molecule has 0 aromatic heterocycles. The molecule has 3 rings (SSSR count). The molecular weight excluding hydrogens is 267 g/mol. The summed E-state index contributed by atoms with van der Waals surface area (Å²) in [4.78, 5) is 12.1. The molecule has 3 heteroatoms. The Hall–Kier alpha value is -2.16. The molecule has 0 N–H and O–H groups in total. The molecule has 0 bridgehead atoms. The van der Waals surface area contributed by atoms with E-state index in [2.05, 4.69) is 0 Å². The Bertz CT molecular complexity index is 639. The second kappa shape index (κ2) is 5.68. The summed E-state index contributed by atoms with van der Waals surface area (Å²) in [6.45, 7) is 2.14. The summed E-state index contributed by atoms with van der Waals surface area (Å²) in [7, 11) is 0. The summed E-state index contributed by atoms with van der Waals surface area (Å²) in [6.07, 6.45) is 0. The molecule has 1 saturated carbocycles. The highest BCUT2D eigenvalue weighted by Gasteiger charge is 2.57. The highest BCUT2D eigenvalue weighted by Crippen LogP contribution is 2.61. The molecule has 3 unspecified atom stereocenters. The average molecular weight is 284 g/mol. The smallest absolute Gasteiger partial charge is 0.310 e. The lowest BCUT2D eigenvalue weighted by Gasteiger charge is -2.02.